The van der Waals surface area contributed by atoms with Crippen LogP contribution in [0.1, 0.15) is 25.3 Å². The smallest absolute Gasteiger partial charge is 0.261 e. The molecule has 0 aliphatic heterocycles. The van der Waals surface area contributed by atoms with Gasteiger partial charge in [-0.2, -0.15) is 0 Å². The van der Waals surface area contributed by atoms with E-state index in [4.69, 9.17) is 14.2 Å². The van der Waals surface area contributed by atoms with E-state index in [2.05, 4.69) is 11.4 Å². The lowest BCUT2D eigenvalue weighted by atomic mass is 10.1. The van der Waals surface area contributed by atoms with Crippen molar-refractivity contribution in [2.24, 2.45) is 0 Å². The molecule has 0 aliphatic rings. The van der Waals surface area contributed by atoms with Crippen molar-refractivity contribution in [1.82, 2.24) is 5.32 Å². The molecule has 1 N–H and O–H groups in total. The SMILES string of the molecule is CC[C@H](Oc1ccccc1OC)C(=O)NCCCc1cccc(OC)c1. The van der Waals surface area contributed by atoms with Crippen LogP contribution in [0.25, 0.3) is 0 Å². The number of para-hydroxylation sites is 2. The van der Waals surface area contributed by atoms with Crippen molar-refractivity contribution in [3.8, 4) is 17.2 Å². The number of methoxy groups -OCH3 is 2. The molecule has 1 atom stereocenters. The van der Waals surface area contributed by atoms with Crippen molar-refractivity contribution in [3.05, 3.63) is 54.1 Å². The number of aryl methyl sites for hydroxylation is 1. The van der Waals surface area contributed by atoms with E-state index in [9.17, 15) is 4.79 Å². The molecule has 0 bridgehead atoms. The summed E-state index contributed by atoms with van der Waals surface area (Å²) in [6.07, 6.45) is 1.77. The first kappa shape index (κ1) is 19.6. The highest BCUT2D eigenvalue weighted by Gasteiger charge is 2.19. The Labute approximate surface area is 155 Å². The first-order valence-corrected chi connectivity index (χ1v) is 8.88. The van der Waals surface area contributed by atoms with Gasteiger partial charge in [-0.15, -0.1) is 0 Å². The van der Waals surface area contributed by atoms with Gasteiger partial charge < -0.3 is 19.5 Å². The van der Waals surface area contributed by atoms with Crippen molar-refractivity contribution in [3.63, 3.8) is 0 Å². The van der Waals surface area contributed by atoms with E-state index in [-0.39, 0.29) is 5.91 Å². The standard InChI is InChI=1S/C21H27NO4/c1-4-18(26-20-13-6-5-12-19(20)25-3)21(23)22-14-8-10-16-9-7-11-17(15-16)24-2/h5-7,9,11-13,15,18H,4,8,10,14H2,1-3H3,(H,22,23)/t18-/m0/s1. The maximum atomic E-state index is 12.4. The summed E-state index contributed by atoms with van der Waals surface area (Å²) >= 11 is 0. The largest absolute Gasteiger partial charge is 0.497 e. The van der Waals surface area contributed by atoms with Crippen LogP contribution in [0, 0.1) is 0 Å². The zero-order valence-electron chi connectivity index (χ0n) is 15.7. The minimum atomic E-state index is -0.539. The summed E-state index contributed by atoms with van der Waals surface area (Å²) in [4.78, 5) is 12.4. The van der Waals surface area contributed by atoms with E-state index < -0.39 is 6.10 Å². The number of nitrogens with one attached hydrogen (secondary N) is 1. The molecule has 0 unspecified atom stereocenters. The van der Waals surface area contributed by atoms with Gasteiger partial charge in [0.15, 0.2) is 17.6 Å². The zero-order chi connectivity index (χ0) is 18.8. The number of hydrogen-bond acceptors (Lipinski definition) is 4. The maximum Gasteiger partial charge on any atom is 0.261 e. The normalized spacial score (nSPS) is 11.5. The summed E-state index contributed by atoms with van der Waals surface area (Å²) in [6, 6.07) is 15.3. The molecular weight excluding hydrogens is 330 g/mol. The summed E-state index contributed by atoms with van der Waals surface area (Å²) in [5.41, 5.74) is 1.19. The van der Waals surface area contributed by atoms with E-state index in [1.807, 2.05) is 43.3 Å². The summed E-state index contributed by atoms with van der Waals surface area (Å²) < 4.78 is 16.3. The Morgan fingerprint density at radius 1 is 1.04 bits per heavy atom. The van der Waals surface area contributed by atoms with Gasteiger partial charge >= 0.3 is 0 Å². The third-order valence-corrected chi connectivity index (χ3v) is 4.08. The van der Waals surface area contributed by atoms with Gasteiger partial charge in [-0.25, -0.2) is 0 Å². The molecule has 0 aliphatic carbocycles. The van der Waals surface area contributed by atoms with Crippen LogP contribution in [-0.4, -0.2) is 32.8 Å². The lowest BCUT2D eigenvalue weighted by Gasteiger charge is -2.18. The number of hydrogen-bond donors (Lipinski definition) is 1. The second-order valence-corrected chi connectivity index (χ2v) is 5.91. The van der Waals surface area contributed by atoms with Gasteiger partial charge in [-0.05, 0) is 49.1 Å². The molecule has 26 heavy (non-hydrogen) atoms. The van der Waals surface area contributed by atoms with E-state index in [1.165, 1.54) is 5.56 Å². The molecule has 2 rings (SSSR count). The molecule has 0 heterocycles. The van der Waals surface area contributed by atoms with Gasteiger partial charge in [0.05, 0.1) is 14.2 Å². The average Bonchev–Trinajstić information content (AvgIpc) is 2.69. The Morgan fingerprint density at radius 2 is 1.81 bits per heavy atom. The van der Waals surface area contributed by atoms with Gasteiger partial charge in [-0.3, -0.25) is 4.79 Å². The first-order chi connectivity index (χ1) is 12.7. The third-order valence-electron chi connectivity index (χ3n) is 4.08. The van der Waals surface area contributed by atoms with E-state index in [0.717, 1.165) is 18.6 Å². The van der Waals surface area contributed by atoms with E-state index in [0.29, 0.717) is 24.5 Å². The molecule has 2 aromatic carbocycles. The van der Waals surface area contributed by atoms with Gasteiger partial charge in [0, 0.05) is 6.54 Å². The molecule has 0 saturated carbocycles. The van der Waals surface area contributed by atoms with Crippen LogP contribution in [0.2, 0.25) is 0 Å². The van der Waals surface area contributed by atoms with Gasteiger partial charge in [0.1, 0.15) is 5.75 Å². The molecule has 1 amide bonds. The number of benzene rings is 2. The van der Waals surface area contributed by atoms with Crippen molar-refractivity contribution in [2.75, 3.05) is 20.8 Å². The highest BCUT2D eigenvalue weighted by molar-refractivity contribution is 5.81. The van der Waals surface area contributed by atoms with E-state index in [1.54, 1.807) is 20.3 Å². The fraction of sp³-hybridized carbons (Fsp3) is 0.381. The molecule has 0 fully saturated rings. The quantitative estimate of drug-likeness (QED) is 0.660. The lowest BCUT2D eigenvalue weighted by molar-refractivity contribution is -0.128. The van der Waals surface area contributed by atoms with Gasteiger partial charge in [0.2, 0.25) is 0 Å². The van der Waals surface area contributed by atoms with Crippen LogP contribution in [0.4, 0.5) is 0 Å². The highest BCUT2D eigenvalue weighted by Crippen LogP contribution is 2.27. The Balaban J connectivity index is 1.81. The molecule has 0 saturated heterocycles. The van der Waals surface area contributed by atoms with Crippen LogP contribution in [0.15, 0.2) is 48.5 Å². The second-order valence-electron chi connectivity index (χ2n) is 5.91. The zero-order valence-corrected chi connectivity index (χ0v) is 15.7. The van der Waals surface area contributed by atoms with Crippen LogP contribution in [-0.2, 0) is 11.2 Å². The van der Waals surface area contributed by atoms with Crippen LogP contribution < -0.4 is 19.5 Å². The predicted molar refractivity (Wildman–Crippen MR) is 102 cm³/mol. The predicted octanol–water partition coefficient (Wildman–Crippen LogP) is 3.61. The number of rotatable bonds is 10. The van der Waals surface area contributed by atoms with E-state index >= 15 is 0 Å². The Kier molecular flexibility index (Phi) is 7.80. The van der Waals surface area contributed by atoms with Crippen LogP contribution in [0.5, 0.6) is 17.2 Å². The highest BCUT2D eigenvalue weighted by atomic mass is 16.5. The Hall–Kier alpha value is -2.69. The van der Waals surface area contributed by atoms with Crippen molar-refractivity contribution in [2.45, 2.75) is 32.3 Å². The molecule has 0 aromatic heterocycles. The molecule has 5 heteroatoms. The van der Waals surface area contributed by atoms with Gasteiger partial charge in [0.25, 0.3) is 5.91 Å². The summed E-state index contributed by atoms with van der Waals surface area (Å²) in [7, 11) is 3.24. The number of carbonyl (C=O) groups is 1. The summed E-state index contributed by atoms with van der Waals surface area (Å²) in [5.74, 6) is 1.94. The molecule has 140 valence electrons. The third kappa shape index (κ3) is 5.69. The maximum absolute atomic E-state index is 12.4. The minimum absolute atomic E-state index is 0.107. The number of amides is 1. The number of ether oxygens (including phenoxy) is 3. The van der Waals surface area contributed by atoms with Crippen LogP contribution >= 0.6 is 0 Å². The van der Waals surface area contributed by atoms with Crippen molar-refractivity contribution < 1.29 is 19.0 Å². The monoisotopic (exact) mass is 357 g/mol. The molecule has 0 spiro atoms. The Bertz CT molecular complexity index is 702. The average molecular weight is 357 g/mol. The van der Waals surface area contributed by atoms with Crippen molar-refractivity contribution in [1.29, 1.82) is 0 Å². The molecular formula is C21H27NO4. The molecule has 5 nitrogen and oxygen atoms in total. The van der Waals surface area contributed by atoms with Crippen molar-refractivity contribution >= 4 is 5.91 Å². The Morgan fingerprint density at radius 3 is 2.50 bits per heavy atom. The minimum Gasteiger partial charge on any atom is -0.497 e. The topological polar surface area (TPSA) is 56.8 Å². The summed E-state index contributed by atoms with van der Waals surface area (Å²) in [5, 5.41) is 2.95. The molecule has 0 radical (unpaired) electrons. The summed E-state index contributed by atoms with van der Waals surface area (Å²) in [6.45, 7) is 2.53. The first-order valence-electron chi connectivity index (χ1n) is 8.88. The molecule has 2 aromatic rings. The number of carbonyl (C=O) groups excluding carboxylic acids is 1. The lowest BCUT2D eigenvalue weighted by Crippen LogP contribution is -2.38. The fourth-order valence-electron chi connectivity index (χ4n) is 2.64. The fourth-order valence-corrected chi connectivity index (χ4v) is 2.64. The van der Waals surface area contributed by atoms with Gasteiger partial charge in [-0.1, -0.05) is 31.2 Å². The van der Waals surface area contributed by atoms with Crippen LogP contribution in [0.3, 0.4) is 0 Å². The second kappa shape index (κ2) is 10.3.